The van der Waals surface area contributed by atoms with Gasteiger partial charge in [-0.25, -0.2) is 0 Å². The molecule has 0 aromatic carbocycles. The second-order valence-corrected chi connectivity index (χ2v) is 14.5. The minimum Gasteiger partial charge on any atom is -0.462 e. The maximum absolute atomic E-state index is 12.7. The van der Waals surface area contributed by atoms with Gasteiger partial charge in [-0.1, -0.05) is 187 Å². The Morgan fingerprint density at radius 3 is 1.15 bits per heavy atom. The van der Waals surface area contributed by atoms with Crippen LogP contribution in [0.15, 0.2) is 134 Å². The van der Waals surface area contributed by atoms with Gasteiger partial charge < -0.3 is 14.2 Å². The number of rotatable bonds is 39. The lowest BCUT2D eigenvalue weighted by Gasteiger charge is -2.18. The summed E-state index contributed by atoms with van der Waals surface area (Å²) in [5, 5.41) is 0. The monoisotopic (exact) mass is 827 g/mol. The van der Waals surface area contributed by atoms with Gasteiger partial charge in [0.25, 0.3) is 0 Å². The molecule has 6 heteroatoms. The Hall–Kier alpha value is -4.45. The first kappa shape index (κ1) is 55.5. The molecule has 334 valence electrons. The zero-order valence-corrected chi connectivity index (χ0v) is 37.9. The Morgan fingerprint density at radius 1 is 0.350 bits per heavy atom. The highest BCUT2D eigenvalue weighted by Crippen LogP contribution is 2.12. The van der Waals surface area contributed by atoms with E-state index in [0.29, 0.717) is 6.42 Å². The van der Waals surface area contributed by atoms with E-state index in [9.17, 15) is 14.4 Å². The molecule has 0 radical (unpaired) electrons. The Bertz CT molecular complexity index is 1370. The summed E-state index contributed by atoms with van der Waals surface area (Å²) in [6.07, 6.45) is 66.3. The third-order valence-electron chi connectivity index (χ3n) is 8.93. The van der Waals surface area contributed by atoms with Crippen molar-refractivity contribution >= 4 is 17.9 Å². The summed E-state index contributed by atoms with van der Waals surface area (Å²) in [4.78, 5) is 37.7. The summed E-state index contributed by atoms with van der Waals surface area (Å²) in [7, 11) is 0. The number of hydrogen-bond donors (Lipinski definition) is 0. The molecule has 6 nitrogen and oxygen atoms in total. The quantitative estimate of drug-likeness (QED) is 0.0266. The lowest BCUT2D eigenvalue weighted by molar-refractivity contribution is -0.166. The number of carbonyl (C=O) groups is 3. The van der Waals surface area contributed by atoms with Crippen LogP contribution in [-0.2, 0) is 28.6 Å². The Kier molecular flexibility index (Phi) is 43.7. The largest absolute Gasteiger partial charge is 0.462 e. The van der Waals surface area contributed by atoms with Crippen LogP contribution < -0.4 is 0 Å². The van der Waals surface area contributed by atoms with Gasteiger partial charge in [0.2, 0.25) is 0 Å². The van der Waals surface area contributed by atoms with E-state index in [1.165, 1.54) is 19.3 Å². The Labute approximate surface area is 366 Å². The number of ether oxygens (including phenoxy) is 3. The predicted octanol–water partition coefficient (Wildman–Crippen LogP) is 15.1. The second-order valence-electron chi connectivity index (χ2n) is 14.5. The molecule has 0 spiro atoms. The smallest absolute Gasteiger partial charge is 0.309 e. The zero-order chi connectivity index (χ0) is 43.7. The van der Waals surface area contributed by atoms with Crippen LogP contribution in [0.3, 0.4) is 0 Å². The van der Waals surface area contributed by atoms with Crippen molar-refractivity contribution in [1.29, 1.82) is 0 Å². The van der Waals surface area contributed by atoms with Gasteiger partial charge in [0.1, 0.15) is 13.2 Å². The maximum atomic E-state index is 12.7. The normalized spacial score (nSPS) is 13.3. The summed E-state index contributed by atoms with van der Waals surface area (Å²) >= 11 is 0. The molecule has 0 rings (SSSR count). The summed E-state index contributed by atoms with van der Waals surface area (Å²) in [6.45, 7) is 6.09. The van der Waals surface area contributed by atoms with Crippen molar-refractivity contribution in [2.45, 2.75) is 175 Å². The van der Waals surface area contributed by atoms with Gasteiger partial charge in [0.15, 0.2) is 6.10 Å². The van der Waals surface area contributed by atoms with Crippen molar-refractivity contribution in [3.8, 4) is 0 Å². The average Bonchev–Trinajstić information content (AvgIpc) is 3.24. The van der Waals surface area contributed by atoms with E-state index in [0.717, 1.165) is 103 Å². The van der Waals surface area contributed by atoms with Crippen molar-refractivity contribution in [3.05, 3.63) is 134 Å². The Balaban J connectivity index is 4.56. The third-order valence-corrected chi connectivity index (χ3v) is 8.93. The molecule has 1 unspecified atom stereocenters. The highest BCUT2D eigenvalue weighted by molar-refractivity contribution is 5.72. The van der Waals surface area contributed by atoms with Crippen LogP contribution in [0.25, 0.3) is 0 Å². The molecule has 60 heavy (non-hydrogen) atoms. The lowest BCUT2D eigenvalue weighted by atomic mass is 10.1. The van der Waals surface area contributed by atoms with Crippen molar-refractivity contribution in [2.75, 3.05) is 13.2 Å². The van der Waals surface area contributed by atoms with Crippen LogP contribution in [0.5, 0.6) is 0 Å². The number of allylic oxidation sites excluding steroid dienone is 21. The molecular weight excluding hydrogens is 745 g/mol. The molecule has 0 aliphatic carbocycles. The van der Waals surface area contributed by atoms with Crippen molar-refractivity contribution in [1.82, 2.24) is 0 Å². The van der Waals surface area contributed by atoms with E-state index in [4.69, 9.17) is 14.2 Å². The third kappa shape index (κ3) is 44.6. The van der Waals surface area contributed by atoms with Crippen LogP contribution >= 0.6 is 0 Å². The molecule has 0 aliphatic heterocycles. The lowest BCUT2D eigenvalue weighted by Crippen LogP contribution is -2.30. The highest BCUT2D eigenvalue weighted by Gasteiger charge is 2.19. The van der Waals surface area contributed by atoms with Crippen LogP contribution in [0.1, 0.15) is 168 Å². The molecule has 0 aliphatic rings. The van der Waals surface area contributed by atoms with E-state index in [1.54, 1.807) is 6.08 Å². The Morgan fingerprint density at radius 2 is 0.700 bits per heavy atom. The summed E-state index contributed by atoms with van der Waals surface area (Å²) < 4.78 is 16.5. The molecule has 0 bridgehead atoms. The van der Waals surface area contributed by atoms with E-state index in [2.05, 4.69) is 130 Å². The summed E-state index contributed by atoms with van der Waals surface area (Å²) in [5.74, 6) is -1.18. The van der Waals surface area contributed by atoms with Crippen LogP contribution in [0.4, 0.5) is 0 Å². The average molecular weight is 827 g/mol. The topological polar surface area (TPSA) is 78.9 Å². The van der Waals surface area contributed by atoms with Gasteiger partial charge in [-0.15, -0.1) is 0 Å². The van der Waals surface area contributed by atoms with Gasteiger partial charge >= 0.3 is 17.9 Å². The fraction of sp³-hybridized carbons (Fsp3) is 0.537. The van der Waals surface area contributed by atoms with Crippen molar-refractivity contribution in [3.63, 3.8) is 0 Å². The molecule has 0 saturated heterocycles. The zero-order valence-electron chi connectivity index (χ0n) is 37.9. The van der Waals surface area contributed by atoms with Crippen molar-refractivity contribution < 1.29 is 28.6 Å². The van der Waals surface area contributed by atoms with Crippen LogP contribution in [0, 0.1) is 0 Å². The number of carbonyl (C=O) groups excluding carboxylic acids is 3. The number of esters is 3. The first-order valence-electron chi connectivity index (χ1n) is 23.2. The minimum absolute atomic E-state index is 0.114. The maximum Gasteiger partial charge on any atom is 0.309 e. The predicted molar refractivity (Wildman–Crippen MR) is 256 cm³/mol. The highest BCUT2D eigenvalue weighted by atomic mass is 16.6. The molecule has 1 atom stereocenters. The van der Waals surface area contributed by atoms with E-state index < -0.39 is 12.1 Å². The number of unbranched alkanes of at least 4 members (excludes halogenated alkanes) is 7. The van der Waals surface area contributed by atoms with Crippen LogP contribution in [0.2, 0.25) is 0 Å². The van der Waals surface area contributed by atoms with E-state index in [-0.39, 0.29) is 44.4 Å². The fourth-order valence-corrected chi connectivity index (χ4v) is 5.56. The molecule has 0 fully saturated rings. The first-order valence-corrected chi connectivity index (χ1v) is 23.2. The second kappa shape index (κ2) is 47.2. The first-order chi connectivity index (χ1) is 29.5. The number of hydrogen-bond acceptors (Lipinski definition) is 6. The van der Waals surface area contributed by atoms with Crippen molar-refractivity contribution in [2.24, 2.45) is 0 Å². The summed E-state index contributed by atoms with van der Waals surface area (Å²) in [5.41, 5.74) is 0. The van der Waals surface area contributed by atoms with Gasteiger partial charge in [-0.3, -0.25) is 14.4 Å². The molecule has 0 saturated carbocycles. The standard InChI is InChI=1S/C54H82O6/c1-4-7-10-13-16-19-21-23-25-26-27-28-29-31-32-35-38-41-44-47-53(56)59-50-51(49-58-52(55)46-43-40-37-34-18-15-12-9-6-3)60-54(57)48-45-42-39-36-33-30-24-22-20-17-14-11-8-5-2/h7-12,16-20,23,25,27-28,31-32,34,38,40-41,43,51H,4-6,13-15,21-22,24,26,29-30,33,35-37,39,42,44-50H2,1-3H3/b10-7-,11-8-,12-9-,19-16-,20-17-,25-23-,28-27-,32-31-,34-18-,41-38-,43-40-. The molecule has 0 amide bonds. The minimum atomic E-state index is -0.851. The summed E-state index contributed by atoms with van der Waals surface area (Å²) in [6, 6.07) is 0. The van der Waals surface area contributed by atoms with E-state index in [1.807, 2.05) is 18.2 Å². The van der Waals surface area contributed by atoms with Crippen LogP contribution in [-0.4, -0.2) is 37.2 Å². The SMILES string of the molecule is CC/C=C\C/C=C\C/C=C\C/C=C\C/C=C\C/C=C\CCC(=O)OCC(COC(=O)C/C=C\C/C=C\C/C=C\CC)OC(=O)CCCCCCCCC/C=C\C/C=C\CC. The van der Waals surface area contributed by atoms with Gasteiger partial charge in [0.05, 0.1) is 6.42 Å². The molecule has 0 aromatic rings. The fourth-order valence-electron chi connectivity index (χ4n) is 5.56. The molecule has 0 heterocycles. The molecule has 0 aromatic heterocycles. The molecular formula is C54H82O6. The molecule has 0 N–H and O–H groups in total. The van der Waals surface area contributed by atoms with Gasteiger partial charge in [-0.2, -0.15) is 0 Å². The van der Waals surface area contributed by atoms with E-state index >= 15 is 0 Å². The van der Waals surface area contributed by atoms with Gasteiger partial charge in [0, 0.05) is 12.8 Å². The van der Waals surface area contributed by atoms with Gasteiger partial charge in [-0.05, 0) is 96.3 Å².